The normalized spacial score (nSPS) is 10.6. The monoisotopic (exact) mass is 239 g/mol. The molecule has 1 heterocycles. The van der Waals surface area contributed by atoms with E-state index in [-0.39, 0.29) is 11.5 Å². The molecule has 2 aromatic rings. The minimum atomic E-state index is -0.457. The number of nitrogens with two attached hydrogens (primary N) is 1. The van der Waals surface area contributed by atoms with Crippen LogP contribution in [0.3, 0.4) is 0 Å². The van der Waals surface area contributed by atoms with E-state index in [9.17, 15) is 9.18 Å². The SMILES string of the molecule is CCOC(=O)c1sc2ccc(F)cc2c1N. The van der Waals surface area contributed by atoms with Gasteiger partial charge in [-0.15, -0.1) is 11.3 Å². The summed E-state index contributed by atoms with van der Waals surface area (Å²) in [6.45, 7) is 2.02. The van der Waals surface area contributed by atoms with E-state index in [2.05, 4.69) is 0 Å². The topological polar surface area (TPSA) is 52.3 Å². The molecule has 0 radical (unpaired) electrons. The predicted molar refractivity (Wildman–Crippen MR) is 62.2 cm³/mol. The minimum Gasteiger partial charge on any atom is -0.462 e. The van der Waals surface area contributed by atoms with Gasteiger partial charge in [-0.3, -0.25) is 0 Å². The number of hydrogen-bond donors (Lipinski definition) is 1. The number of esters is 1. The van der Waals surface area contributed by atoms with Crippen molar-refractivity contribution in [2.24, 2.45) is 0 Å². The highest BCUT2D eigenvalue weighted by molar-refractivity contribution is 7.21. The van der Waals surface area contributed by atoms with Gasteiger partial charge in [0.25, 0.3) is 0 Å². The smallest absolute Gasteiger partial charge is 0.350 e. The third-order valence-corrected chi connectivity index (χ3v) is 3.32. The Bertz CT molecular complexity index is 550. The Kier molecular flexibility index (Phi) is 2.78. The van der Waals surface area contributed by atoms with E-state index in [0.717, 1.165) is 4.70 Å². The molecule has 0 aliphatic heterocycles. The molecule has 0 atom stereocenters. The zero-order valence-corrected chi connectivity index (χ0v) is 9.44. The van der Waals surface area contributed by atoms with Crippen LogP contribution in [0.1, 0.15) is 16.6 Å². The van der Waals surface area contributed by atoms with Crippen LogP contribution >= 0.6 is 11.3 Å². The fourth-order valence-electron chi connectivity index (χ4n) is 1.44. The summed E-state index contributed by atoms with van der Waals surface area (Å²) in [5.74, 6) is -0.825. The van der Waals surface area contributed by atoms with Crippen molar-refractivity contribution < 1.29 is 13.9 Å². The number of thiophene rings is 1. The van der Waals surface area contributed by atoms with Crippen molar-refractivity contribution >= 4 is 33.1 Å². The van der Waals surface area contributed by atoms with E-state index >= 15 is 0 Å². The van der Waals surface area contributed by atoms with Gasteiger partial charge in [0.2, 0.25) is 0 Å². The lowest BCUT2D eigenvalue weighted by molar-refractivity contribution is 0.0533. The van der Waals surface area contributed by atoms with Gasteiger partial charge in [-0.25, -0.2) is 9.18 Å². The lowest BCUT2D eigenvalue weighted by Crippen LogP contribution is -2.04. The molecule has 16 heavy (non-hydrogen) atoms. The standard InChI is InChI=1S/C11H10FNO2S/c1-2-15-11(14)10-9(13)7-5-6(12)3-4-8(7)16-10/h3-5H,2,13H2,1H3. The first kappa shape index (κ1) is 10.9. The number of carbonyl (C=O) groups is 1. The molecule has 0 spiro atoms. The number of ether oxygens (including phenoxy) is 1. The van der Waals surface area contributed by atoms with Gasteiger partial charge < -0.3 is 10.5 Å². The molecule has 2 rings (SSSR count). The van der Waals surface area contributed by atoms with Crippen molar-refractivity contribution in [3.05, 3.63) is 28.9 Å². The molecule has 0 aliphatic rings. The van der Waals surface area contributed by atoms with Crippen molar-refractivity contribution in [1.29, 1.82) is 0 Å². The summed E-state index contributed by atoms with van der Waals surface area (Å²) in [6.07, 6.45) is 0. The molecule has 2 N–H and O–H groups in total. The summed E-state index contributed by atoms with van der Waals surface area (Å²) in [7, 11) is 0. The summed E-state index contributed by atoms with van der Waals surface area (Å²) in [6, 6.07) is 4.27. The fourth-order valence-corrected chi connectivity index (χ4v) is 2.43. The molecular weight excluding hydrogens is 229 g/mol. The highest BCUT2D eigenvalue weighted by atomic mass is 32.1. The number of nitrogen functional groups attached to an aromatic ring is 1. The maximum Gasteiger partial charge on any atom is 0.350 e. The van der Waals surface area contributed by atoms with Crippen molar-refractivity contribution in [3.8, 4) is 0 Å². The third-order valence-electron chi connectivity index (χ3n) is 2.15. The second kappa shape index (κ2) is 4.09. The summed E-state index contributed by atoms with van der Waals surface area (Å²) < 4.78 is 18.7. The third kappa shape index (κ3) is 1.74. The number of hydrogen-bond acceptors (Lipinski definition) is 4. The maximum atomic E-state index is 13.0. The Morgan fingerprint density at radius 3 is 3.00 bits per heavy atom. The van der Waals surface area contributed by atoms with Crippen molar-refractivity contribution in [3.63, 3.8) is 0 Å². The number of rotatable bonds is 2. The average molecular weight is 239 g/mol. The summed E-state index contributed by atoms with van der Waals surface area (Å²) in [4.78, 5) is 11.9. The maximum absolute atomic E-state index is 13.0. The van der Waals surface area contributed by atoms with Gasteiger partial charge in [0.05, 0.1) is 12.3 Å². The van der Waals surface area contributed by atoms with Gasteiger partial charge in [-0.1, -0.05) is 0 Å². The molecule has 0 unspecified atom stereocenters. The highest BCUT2D eigenvalue weighted by Gasteiger charge is 2.17. The van der Waals surface area contributed by atoms with Crippen LogP contribution in [0.5, 0.6) is 0 Å². The molecule has 0 aliphatic carbocycles. The zero-order valence-electron chi connectivity index (χ0n) is 8.62. The molecule has 1 aromatic carbocycles. The van der Waals surface area contributed by atoms with Gasteiger partial charge in [-0.2, -0.15) is 0 Å². The Labute approximate surface area is 95.6 Å². The van der Waals surface area contributed by atoms with Crippen LogP contribution in [-0.2, 0) is 4.74 Å². The Hall–Kier alpha value is -1.62. The van der Waals surface area contributed by atoms with Crippen LogP contribution in [0.2, 0.25) is 0 Å². The first-order valence-electron chi connectivity index (χ1n) is 4.78. The van der Waals surface area contributed by atoms with Crippen LogP contribution in [0, 0.1) is 5.82 Å². The van der Waals surface area contributed by atoms with E-state index in [1.165, 1.54) is 23.5 Å². The van der Waals surface area contributed by atoms with Crippen molar-refractivity contribution in [1.82, 2.24) is 0 Å². The molecular formula is C11H10FNO2S. The van der Waals surface area contributed by atoms with E-state index in [0.29, 0.717) is 16.9 Å². The van der Waals surface area contributed by atoms with E-state index in [1.807, 2.05) is 0 Å². The van der Waals surface area contributed by atoms with E-state index in [1.54, 1.807) is 13.0 Å². The zero-order chi connectivity index (χ0) is 11.7. The molecule has 1 aromatic heterocycles. The summed E-state index contributed by atoms with van der Waals surface area (Å²) in [5, 5.41) is 0.563. The van der Waals surface area contributed by atoms with Crippen LogP contribution in [0.25, 0.3) is 10.1 Å². The van der Waals surface area contributed by atoms with Crippen molar-refractivity contribution in [2.45, 2.75) is 6.92 Å². The lowest BCUT2D eigenvalue weighted by Gasteiger charge is -1.99. The molecule has 0 bridgehead atoms. The van der Waals surface area contributed by atoms with Crippen molar-refractivity contribution in [2.75, 3.05) is 12.3 Å². The molecule has 0 fully saturated rings. The predicted octanol–water partition coefficient (Wildman–Crippen LogP) is 2.80. The molecule has 0 saturated carbocycles. The Morgan fingerprint density at radius 1 is 1.56 bits per heavy atom. The van der Waals surface area contributed by atoms with Crippen LogP contribution in [0.4, 0.5) is 10.1 Å². The Balaban J connectivity index is 2.56. The van der Waals surface area contributed by atoms with Crippen LogP contribution in [-0.4, -0.2) is 12.6 Å². The van der Waals surface area contributed by atoms with E-state index in [4.69, 9.17) is 10.5 Å². The second-order valence-electron chi connectivity index (χ2n) is 3.21. The second-order valence-corrected chi connectivity index (χ2v) is 4.26. The molecule has 0 amide bonds. The lowest BCUT2D eigenvalue weighted by atomic mass is 10.2. The number of benzene rings is 1. The van der Waals surface area contributed by atoms with E-state index < -0.39 is 5.97 Å². The molecule has 3 nitrogen and oxygen atoms in total. The van der Waals surface area contributed by atoms with Gasteiger partial charge in [0, 0.05) is 10.1 Å². The minimum absolute atomic E-state index is 0.290. The largest absolute Gasteiger partial charge is 0.462 e. The summed E-state index contributed by atoms with van der Waals surface area (Å²) in [5.41, 5.74) is 6.07. The number of anilines is 1. The average Bonchev–Trinajstić information content (AvgIpc) is 2.57. The van der Waals surface area contributed by atoms with Gasteiger partial charge in [0.15, 0.2) is 0 Å². The van der Waals surface area contributed by atoms with Gasteiger partial charge in [0.1, 0.15) is 10.7 Å². The van der Waals surface area contributed by atoms with Crippen LogP contribution in [0.15, 0.2) is 18.2 Å². The highest BCUT2D eigenvalue weighted by Crippen LogP contribution is 2.34. The molecule has 84 valence electrons. The quantitative estimate of drug-likeness (QED) is 0.820. The van der Waals surface area contributed by atoms with Gasteiger partial charge in [-0.05, 0) is 25.1 Å². The van der Waals surface area contributed by atoms with Crippen LogP contribution < -0.4 is 5.73 Å². The summed E-state index contributed by atoms with van der Waals surface area (Å²) >= 11 is 1.21. The fraction of sp³-hybridized carbons (Fsp3) is 0.182. The number of carbonyl (C=O) groups excluding carboxylic acids is 1. The molecule has 5 heteroatoms. The number of halogens is 1. The van der Waals surface area contributed by atoms with Gasteiger partial charge >= 0.3 is 5.97 Å². The molecule has 0 saturated heterocycles. The first-order valence-corrected chi connectivity index (χ1v) is 5.59. The Morgan fingerprint density at radius 2 is 2.31 bits per heavy atom. The first-order chi connectivity index (χ1) is 7.63. The number of fused-ring (bicyclic) bond motifs is 1.